The topological polar surface area (TPSA) is 91.8 Å². The fourth-order valence-corrected chi connectivity index (χ4v) is 2.71. The zero-order chi connectivity index (χ0) is 19.9. The third-order valence-corrected chi connectivity index (χ3v) is 3.98. The van der Waals surface area contributed by atoms with Crippen LogP contribution >= 0.6 is 0 Å². The zero-order valence-electron chi connectivity index (χ0n) is 15.8. The van der Waals surface area contributed by atoms with Crippen LogP contribution in [0.3, 0.4) is 0 Å². The van der Waals surface area contributed by atoms with Crippen molar-refractivity contribution in [3.05, 3.63) is 66.3 Å². The molecule has 2 heterocycles. The van der Waals surface area contributed by atoms with E-state index in [-0.39, 0.29) is 24.9 Å². The van der Waals surface area contributed by atoms with Gasteiger partial charge in [-0.3, -0.25) is 14.5 Å². The Morgan fingerprint density at radius 3 is 2.54 bits per heavy atom. The Kier molecular flexibility index (Phi) is 6.23. The Hall–Kier alpha value is -3.39. The van der Waals surface area contributed by atoms with Crippen LogP contribution < -0.4 is 10.2 Å². The van der Waals surface area contributed by atoms with Gasteiger partial charge in [0.1, 0.15) is 11.5 Å². The Morgan fingerprint density at radius 1 is 1.11 bits per heavy atom. The molecule has 3 rings (SSSR count). The molecule has 0 atom stereocenters. The van der Waals surface area contributed by atoms with E-state index in [1.807, 2.05) is 36.4 Å². The van der Waals surface area contributed by atoms with Crippen LogP contribution in [0.1, 0.15) is 11.5 Å². The maximum Gasteiger partial charge on any atom is 0.241 e. The molecular formula is C20H22N4O4. The largest absolute Gasteiger partial charge is 0.467 e. The average Bonchev–Trinajstić information content (AvgIpc) is 3.31. The number of benzene rings is 1. The number of furan rings is 1. The van der Waals surface area contributed by atoms with E-state index in [1.165, 1.54) is 0 Å². The molecule has 146 valence electrons. The Bertz CT molecular complexity index is 905. The van der Waals surface area contributed by atoms with E-state index in [2.05, 4.69) is 10.5 Å². The number of para-hydroxylation sites is 1. The molecule has 0 unspecified atom stereocenters. The van der Waals surface area contributed by atoms with Crippen molar-refractivity contribution >= 4 is 23.3 Å². The first kappa shape index (κ1) is 19.4. The number of likely N-dealkylation sites (N-methyl/N-ethyl adjacent to an activating group) is 1. The highest BCUT2D eigenvalue weighted by Crippen LogP contribution is 2.17. The second kappa shape index (κ2) is 9.01. The maximum absolute atomic E-state index is 12.9. The van der Waals surface area contributed by atoms with E-state index in [0.717, 1.165) is 5.69 Å². The van der Waals surface area contributed by atoms with Crippen molar-refractivity contribution in [2.45, 2.75) is 13.5 Å². The maximum atomic E-state index is 12.9. The summed E-state index contributed by atoms with van der Waals surface area (Å²) in [5, 5.41) is 6.36. The number of carbonyl (C=O) groups is 2. The second-order valence-electron chi connectivity index (χ2n) is 6.44. The molecule has 8 nitrogen and oxygen atoms in total. The first-order chi connectivity index (χ1) is 13.5. The highest BCUT2D eigenvalue weighted by molar-refractivity contribution is 5.95. The summed E-state index contributed by atoms with van der Waals surface area (Å²) in [6.07, 6.45) is 1.57. The van der Waals surface area contributed by atoms with Gasteiger partial charge in [0.05, 0.1) is 25.9 Å². The molecule has 2 aromatic heterocycles. The van der Waals surface area contributed by atoms with Crippen molar-refractivity contribution in [3.8, 4) is 0 Å². The molecule has 0 saturated carbocycles. The number of nitrogens with one attached hydrogen (secondary N) is 1. The number of aromatic nitrogens is 1. The lowest BCUT2D eigenvalue weighted by atomic mass is 10.2. The molecule has 0 saturated heterocycles. The minimum absolute atomic E-state index is 0.0427. The normalized spacial score (nSPS) is 10.8. The summed E-state index contributed by atoms with van der Waals surface area (Å²) >= 11 is 0. The van der Waals surface area contributed by atoms with Gasteiger partial charge in [-0.2, -0.15) is 0 Å². The average molecular weight is 382 g/mol. The molecule has 1 N–H and O–H groups in total. The van der Waals surface area contributed by atoms with Gasteiger partial charge in [-0.25, -0.2) is 0 Å². The number of hydrogen-bond donors (Lipinski definition) is 1. The summed E-state index contributed by atoms with van der Waals surface area (Å²) in [5.41, 5.74) is 0.764. The molecule has 2 amide bonds. The van der Waals surface area contributed by atoms with E-state index in [4.69, 9.17) is 8.94 Å². The third kappa shape index (κ3) is 5.31. The van der Waals surface area contributed by atoms with Crippen LogP contribution in [-0.2, 0) is 16.1 Å². The molecule has 0 bridgehead atoms. The molecular weight excluding hydrogens is 360 g/mol. The molecule has 3 aromatic rings. The summed E-state index contributed by atoms with van der Waals surface area (Å²) in [6, 6.07) is 14.6. The van der Waals surface area contributed by atoms with Gasteiger partial charge in [-0.1, -0.05) is 23.4 Å². The highest BCUT2D eigenvalue weighted by Gasteiger charge is 2.20. The van der Waals surface area contributed by atoms with Gasteiger partial charge in [0.15, 0.2) is 5.82 Å². The molecule has 8 heteroatoms. The van der Waals surface area contributed by atoms with Crippen LogP contribution in [0, 0.1) is 6.92 Å². The minimum Gasteiger partial charge on any atom is -0.467 e. The third-order valence-electron chi connectivity index (χ3n) is 3.98. The Balaban J connectivity index is 1.61. The van der Waals surface area contributed by atoms with Crippen molar-refractivity contribution in [2.75, 3.05) is 30.4 Å². The smallest absolute Gasteiger partial charge is 0.241 e. The fraction of sp³-hybridized carbons (Fsp3) is 0.250. The SMILES string of the molecule is Cc1cc(NC(=O)CN(C)CC(=O)N(Cc2ccco2)c2ccccc2)no1. The molecule has 28 heavy (non-hydrogen) atoms. The number of anilines is 2. The minimum atomic E-state index is -0.277. The summed E-state index contributed by atoms with van der Waals surface area (Å²) in [6.45, 7) is 2.17. The van der Waals surface area contributed by atoms with Gasteiger partial charge >= 0.3 is 0 Å². The number of carbonyl (C=O) groups excluding carboxylic acids is 2. The summed E-state index contributed by atoms with van der Waals surface area (Å²) < 4.78 is 10.3. The van der Waals surface area contributed by atoms with Crippen molar-refractivity contribution in [2.24, 2.45) is 0 Å². The number of aryl methyl sites for hydroxylation is 1. The summed E-state index contributed by atoms with van der Waals surface area (Å²) in [7, 11) is 1.71. The first-order valence-corrected chi connectivity index (χ1v) is 8.81. The summed E-state index contributed by atoms with van der Waals surface area (Å²) in [5.74, 6) is 1.22. The molecule has 0 spiro atoms. The quantitative estimate of drug-likeness (QED) is 0.644. The first-order valence-electron chi connectivity index (χ1n) is 8.81. The van der Waals surface area contributed by atoms with Gasteiger partial charge < -0.3 is 19.2 Å². The van der Waals surface area contributed by atoms with E-state index < -0.39 is 0 Å². The second-order valence-corrected chi connectivity index (χ2v) is 6.44. The lowest BCUT2D eigenvalue weighted by molar-refractivity contribution is -0.121. The molecule has 0 radical (unpaired) electrons. The van der Waals surface area contributed by atoms with Gasteiger partial charge in [0, 0.05) is 11.8 Å². The van der Waals surface area contributed by atoms with Crippen molar-refractivity contribution < 1.29 is 18.5 Å². The predicted molar refractivity (Wildman–Crippen MR) is 104 cm³/mol. The molecule has 0 aliphatic rings. The molecule has 0 aliphatic carbocycles. The van der Waals surface area contributed by atoms with Crippen molar-refractivity contribution in [3.63, 3.8) is 0 Å². The number of nitrogens with zero attached hydrogens (tertiary/aromatic N) is 3. The van der Waals surface area contributed by atoms with Gasteiger partial charge in [0.25, 0.3) is 0 Å². The van der Waals surface area contributed by atoms with Crippen LogP contribution in [-0.4, -0.2) is 42.0 Å². The van der Waals surface area contributed by atoms with E-state index in [1.54, 1.807) is 42.2 Å². The summed E-state index contributed by atoms with van der Waals surface area (Å²) in [4.78, 5) is 28.3. The number of amides is 2. The van der Waals surface area contributed by atoms with E-state index in [0.29, 0.717) is 23.9 Å². The lowest BCUT2D eigenvalue weighted by Crippen LogP contribution is -2.41. The lowest BCUT2D eigenvalue weighted by Gasteiger charge is -2.24. The number of rotatable bonds is 8. The van der Waals surface area contributed by atoms with E-state index >= 15 is 0 Å². The van der Waals surface area contributed by atoms with Crippen LogP contribution in [0.4, 0.5) is 11.5 Å². The molecule has 1 aromatic carbocycles. The Morgan fingerprint density at radius 2 is 1.89 bits per heavy atom. The van der Waals surface area contributed by atoms with Crippen molar-refractivity contribution in [1.29, 1.82) is 0 Å². The number of hydrogen-bond acceptors (Lipinski definition) is 6. The highest BCUT2D eigenvalue weighted by atomic mass is 16.5. The van der Waals surface area contributed by atoms with Gasteiger partial charge in [-0.15, -0.1) is 0 Å². The monoisotopic (exact) mass is 382 g/mol. The zero-order valence-corrected chi connectivity index (χ0v) is 15.8. The Labute approximate surface area is 162 Å². The van der Waals surface area contributed by atoms with Crippen molar-refractivity contribution in [1.82, 2.24) is 10.1 Å². The van der Waals surface area contributed by atoms with Crippen LogP contribution in [0.15, 0.2) is 63.7 Å². The van der Waals surface area contributed by atoms with E-state index in [9.17, 15) is 9.59 Å². The van der Waals surface area contributed by atoms with Gasteiger partial charge in [-0.05, 0) is 38.2 Å². The predicted octanol–water partition coefficient (Wildman–Crippen LogP) is 2.68. The molecule has 0 aliphatic heterocycles. The van der Waals surface area contributed by atoms with Crippen LogP contribution in [0.2, 0.25) is 0 Å². The van der Waals surface area contributed by atoms with Crippen LogP contribution in [0.25, 0.3) is 0 Å². The fourth-order valence-electron chi connectivity index (χ4n) is 2.71. The van der Waals surface area contributed by atoms with Crippen LogP contribution in [0.5, 0.6) is 0 Å². The standard InChI is InChI=1S/C20H22N4O4/c1-15-11-18(22-28-15)21-19(25)13-23(2)14-20(26)24(12-17-9-6-10-27-17)16-7-4-3-5-8-16/h3-11H,12-14H2,1-2H3,(H,21,22,25). The molecule has 0 fully saturated rings. The van der Waals surface area contributed by atoms with Gasteiger partial charge in [0.2, 0.25) is 11.8 Å².